The zero-order valence-electron chi connectivity index (χ0n) is 43.5. The number of imide groups is 1. The number of carbonyl (C=O) groups is 7. The van der Waals surface area contributed by atoms with Gasteiger partial charge in [-0.15, -0.1) is 0 Å². The number of aryl methyl sites for hydroxylation is 1. The molecule has 400 valence electrons. The third-order valence-electron chi connectivity index (χ3n) is 13.9. The Balaban J connectivity index is 0.977. The van der Waals surface area contributed by atoms with Crippen LogP contribution in [0, 0.1) is 0 Å². The van der Waals surface area contributed by atoms with Crippen molar-refractivity contribution in [2.75, 3.05) is 60.6 Å². The molecule has 0 bridgehead atoms. The van der Waals surface area contributed by atoms with Gasteiger partial charge in [0.2, 0.25) is 29.4 Å². The summed E-state index contributed by atoms with van der Waals surface area (Å²) in [4.78, 5) is 95.9. The molecule has 4 aromatic carbocycles. The quantitative estimate of drug-likeness (QED) is 0.0383. The molecule has 3 heterocycles. The lowest BCUT2D eigenvalue weighted by atomic mass is 9.91. The monoisotopic (exact) mass is 1030 g/mol. The molecule has 3 aliphatic rings. The maximum absolute atomic E-state index is 14.6. The molecule has 2 fully saturated rings. The Morgan fingerprint density at radius 3 is 2.23 bits per heavy atom. The number of rotatable bonds is 24. The zero-order chi connectivity index (χ0) is 53.6. The van der Waals surface area contributed by atoms with Crippen molar-refractivity contribution in [2.24, 2.45) is 0 Å². The van der Waals surface area contributed by atoms with E-state index >= 15 is 0 Å². The van der Waals surface area contributed by atoms with Gasteiger partial charge >= 0.3 is 5.97 Å². The van der Waals surface area contributed by atoms with E-state index in [1.807, 2.05) is 25.1 Å². The lowest BCUT2D eigenvalue weighted by Crippen LogP contribution is -2.52. The van der Waals surface area contributed by atoms with Gasteiger partial charge in [-0.1, -0.05) is 37.3 Å². The fourth-order valence-corrected chi connectivity index (χ4v) is 9.95. The number of carbonyl (C=O) groups excluding carboxylic acids is 7. The van der Waals surface area contributed by atoms with Crippen molar-refractivity contribution in [3.8, 4) is 34.5 Å². The third kappa shape index (κ3) is 13.1. The van der Waals surface area contributed by atoms with E-state index in [1.54, 1.807) is 73.7 Å². The van der Waals surface area contributed by atoms with E-state index in [0.29, 0.717) is 114 Å². The van der Waals surface area contributed by atoms with Crippen molar-refractivity contribution < 1.29 is 66.7 Å². The van der Waals surface area contributed by atoms with Crippen LogP contribution in [0.5, 0.6) is 34.5 Å². The Morgan fingerprint density at radius 1 is 0.773 bits per heavy atom. The van der Waals surface area contributed by atoms with Crippen molar-refractivity contribution in [3.63, 3.8) is 0 Å². The van der Waals surface area contributed by atoms with Crippen molar-refractivity contribution in [2.45, 2.75) is 108 Å². The van der Waals surface area contributed by atoms with Gasteiger partial charge < -0.3 is 53.6 Å². The molecule has 19 heteroatoms. The summed E-state index contributed by atoms with van der Waals surface area (Å²) in [5, 5.41) is 8.04. The molecule has 0 saturated carbocycles. The summed E-state index contributed by atoms with van der Waals surface area (Å²) in [6.45, 7) is 2.34. The van der Waals surface area contributed by atoms with Gasteiger partial charge in [0.1, 0.15) is 23.9 Å². The van der Waals surface area contributed by atoms with Gasteiger partial charge in [-0.05, 0) is 111 Å². The molecule has 1 unspecified atom stereocenters. The summed E-state index contributed by atoms with van der Waals surface area (Å²) in [5.74, 6) is -0.582. The number of nitrogens with zero attached hydrogens (tertiary/aromatic N) is 2. The predicted molar refractivity (Wildman–Crippen MR) is 275 cm³/mol. The van der Waals surface area contributed by atoms with Gasteiger partial charge in [0.05, 0.1) is 41.5 Å². The second-order valence-corrected chi connectivity index (χ2v) is 18.5. The number of fused-ring (bicyclic) bond motifs is 1. The number of benzene rings is 4. The molecule has 0 aromatic heterocycles. The maximum Gasteiger partial charge on any atom is 0.329 e. The van der Waals surface area contributed by atoms with Crippen molar-refractivity contribution in [1.82, 2.24) is 20.4 Å². The summed E-state index contributed by atoms with van der Waals surface area (Å²) in [5.41, 5.74) is 3.58. The third-order valence-corrected chi connectivity index (χ3v) is 13.9. The maximum atomic E-state index is 14.6. The van der Waals surface area contributed by atoms with Gasteiger partial charge in [-0.2, -0.15) is 0 Å². The van der Waals surface area contributed by atoms with E-state index in [-0.39, 0.29) is 62.6 Å². The van der Waals surface area contributed by atoms with Crippen LogP contribution in [0.4, 0.5) is 5.69 Å². The Hall–Kier alpha value is -7.83. The molecule has 0 aliphatic carbocycles. The van der Waals surface area contributed by atoms with Crippen molar-refractivity contribution in [1.29, 1.82) is 0 Å². The first-order chi connectivity index (χ1) is 36.3. The number of methoxy groups -OCH3 is 5. The SMILES string of the molecule is CC[C@H](C(=O)N1CCCC[C@H]1C(=O)O[C@H](CCc1ccc(OC)c(OC)c1)c1ccccc1OCC(=O)NCCCCC(=O)Nc1cccc2c1CN(C1CCC(=O)NC1=O)C2=O)c1cc(OC)c(OC)c(OC)c1. The van der Waals surface area contributed by atoms with Crippen LogP contribution in [-0.2, 0) is 46.5 Å². The minimum atomic E-state index is -0.863. The average Bonchev–Trinajstić information content (AvgIpc) is 3.77. The highest BCUT2D eigenvalue weighted by atomic mass is 16.6. The van der Waals surface area contributed by atoms with Crippen LogP contribution >= 0.6 is 0 Å². The molecule has 4 aromatic rings. The first-order valence-electron chi connectivity index (χ1n) is 25.4. The number of amides is 6. The fourth-order valence-electron chi connectivity index (χ4n) is 9.95. The number of para-hydroxylation sites is 1. The summed E-state index contributed by atoms with van der Waals surface area (Å²) in [6.07, 6.45) is 3.66. The second-order valence-electron chi connectivity index (χ2n) is 18.5. The lowest BCUT2D eigenvalue weighted by Gasteiger charge is -2.37. The molecule has 2 saturated heterocycles. The van der Waals surface area contributed by atoms with Crippen LogP contribution in [0.3, 0.4) is 0 Å². The van der Waals surface area contributed by atoms with Crippen molar-refractivity contribution >= 4 is 47.1 Å². The summed E-state index contributed by atoms with van der Waals surface area (Å²) in [7, 11) is 7.66. The summed E-state index contributed by atoms with van der Waals surface area (Å²) in [6, 6.07) is 19.6. The number of unbranched alkanes of at least 4 members (excludes halogenated alkanes) is 1. The predicted octanol–water partition coefficient (Wildman–Crippen LogP) is 6.59. The van der Waals surface area contributed by atoms with Crippen LogP contribution < -0.4 is 44.4 Å². The van der Waals surface area contributed by atoms with Gasteiger partial charge in [0.15, 0.2) is 29.6 Å². The number of nitrogens with one attached hydrogen (secondary N) is 3. The Labute approximate surface area is 436 Å². The highest BCUT2D eigenvalue weighted by molar-refractivity contribution is 6.07. The van der Waals surface area contributed by atoms with Crippen LogP contribution in [0.2, 0.25) is 0 Å². The number of likely N-dealkylation sites (tertiary alicyclic amines) is 1. The van der Waals surface area contributed by atoms with Crippen LogP contribution in [0.15, 0.2) is 72.8 Å². The smallest absolute Gasteiger partial charge is 0.329 e. The second kappa shape index (κ2) is 25.9. The van der Waals surface area contributed by atoms with E-state index in [4.69, 9.17) is 33.2 Å². The lowest BCUT2D eigenvalue weighted by molar-refractivity contribution is -0.162. The highest BCUT2D eigenvalue weighted by Crippen LogP contribution is 2.42. The molecule has 75 heavy (non-hydrogen) atoms. The summed E-state index contributed by atoms with van der Waals surface area (Å²) < 4.78 is 40.3. The first kappa shape index (κ1) is 54.9. The molecule has 4 atom stereocenters. The van der Waals surface area contributed by atoms with Gasteiger partial charge in [0, 0.05) is 54.9 Å². The normalized spacial score (nSPS) is 17.0. The molecule has 3 N–H and O–H groups in total. The number of hydrogen-bond donors (Lipinski definition) is 3. The minimum absolute atomic E-state index is 0.127. The molecule has 0 spiro atoms. The molecule has 19 nitrogen and oxygen atoms in total. The van der Waals surface area contributed by atoms with Gasteiger partial charge in [-0.3, -0.25) is 34.1 Å². The van der Waals surface area contributed by atoms with E-state index in [2.05, 4.69) is 16.0 Å². The topological polar surface area (TPSA) is 227 Å². The van der Waals surface area contributed by atoms with Crippen LogP contribution in [0.1, 0.15) is 116 Å². The Bertz CT molecular complexity index is 2720. The number of piperidine rings is 2. The van der Waals surface area contributed by atoms with E-state index < -0.39 is 41.9 Å². The molecule has 0 radical (unpaired) electrons. The number of hydrogen-bond acceptors (Lipinski definition) is 14. The molecule has 3 aliphatic heterocycles. The molecule has 7 rings (SSSR count). The minimum Gasteiger partial charge on any atom is -0.493 e. The van der Waals surface area contributed by atoms with Crippen molar-refractivity contribution in [3.05, 3.63) is 101 Å². The van der Waals surface area contributed by atoms with E-state index in [9.17, 15) is 33.6 Å². The number of esters is 1. The van der Waals surface area contributed by atoms with E-state index in [1.165, 1.54) is 26.2 Å². The Kier molecular flexibility index (Phi) is 19.0. The van der Waals surface area contributed by atoms with Crippen LogP contribution in [0.25, 0.3) is 0 Å². The fraction of sp³-hybridized carbons (Fsp3) is 0.446. The molecular weight excluding hydrogens is 967 g/mol. The first-order valence-corrected chi connectivity index (χ1v) is 25.4. The zero-order valence-corrected chi connectivity index (χ0v) is 43.5. The highest BCUT2D eigenvalue weighted by Gasteiger charge is 2.41. The standard InChI is InChI=1S/C56H67N5O14/c1-7-36(35-30-47(71-4)52(73-6)48(31-35)72-5)54(66)60-28-13-11-18-42(60)56(68)75-44(24-21-34-22-25-45(69-2)46(29-34)70-3)38-15-8-9-19-43(38)74-33-51(64)57-27-12-10-20-49(62)58-40-17-14-16-37-39(40)32-61(55(37)67)41-23-26-50(63)59-53(41)65/h8-9,14-17,19,22,25,29-31,36,41-42,44H,7,10-13,18,20-21,23-24,26-28,32-33H2,1-6H3,(H,57,64)(H,58,62)(H,59,63,65)/t36-,41?,42-,44+/m0/s1. The number of ether oxygens (including phenoxy) is 7. The Morgan fingerprint density at radius 2 is 1.52 bits per heavy atom. The van der Waals surface area contributed by atoms with Gasteiger partial charge in [0.25, 0.3) is 11.8 Å². The van der Waals surface area contributed by atoms with Gasteiger partial charge in [-0.25, -0.2) is 4.79 Å². The van der Waals surface area contributed by atoms with Crippen LogP contribution in [-0.4, -0.2) is 119 Å². The van der Waals surface area contributed by atoms with E-state index in [0.717, 1.165) is 12.0 Å². The molecular formula is C56H67N5O14. The number of anilines is 1. The average molecular weight is 1030 g/mol. The largest absolute Gasteiger partial charge is 0.493 e. The summed E-state index contributed by atoms with van der Waals surface area (Å²) >= 11 is 0. The molecule has 6 amide bonds.